The summed E-state index contributed by atoms with van der Waals surface area (Å²) in [6.07, 6.45) is 0. The molecule has 0 aliphatic rings. The van der Waals surface area contributed by atoms with Crippen LogP contribution in [-0.4, -0.2) is 10.2 Å². The van der Waals surface area contributed by atoms with Crippen LogP contribution in [0.1, 0.15) is 10.4 Å². The van der Waals surface area contributed by atoms with Crippen molar-refractivity contribution in [2.75, 3.05) is 0 Å². The number of fused-ring (bicyclic) bond motifs is 1. The van der Waals surface area contributed by atoms with Crippen LogP contribution in [0.4, 0.5) is 0 Å². The van der Waals surface area contributed by atoms with Crippen LogP contribution < -0.4 is 0 Å². The molecule has 0 saturated carbocycles. The molecule has 0 aliphatic carbocycles. The topological polar surface area (TPSA) is 43.1 Å². The fourth-order valence-corrected chi connectivity index (χ4v) is 2.23. The van der Waals surface area contributed by atoms with Gasteiger partial charge in [-0.1, -0.05) is 23.2 Å². The van der Waals surface area contributed by atoms with E-state index >= 15 is 0 Å². The molecule has 6 heteroatoms. The zero-order valence-electron chi connectivity index (χ0n) is 9.86. The number of rotatable bonds is 2. The lowest BCUT2D eigenvalue weighted by Crippen LogP contribution is -1.87. The quantitative estimate of drug-likeness (QED) is 0.609. The molecule has 0 fully saturated rings. The van der Waals surface area contributed by atoms with Crippen LogP contribution in [0.15, 0.2) is 40.8 Å². The summed E-state index contributed by atoms with van der Waals surface area (Å²) < 4.78 is 5.62. The molecule has 20 heavy (non-hydrogen) atoms. The van der Waals surface area contributed by atoms with Gasteiger partial charge in [-0.2, -0.15) is 0 Å². The van der Waals surface area contributed by atoms with E-state index in [9.17, 15) is 4.79 Å². The second kappa shape index (κ2) is 5.09. The fraction of sp³-hybridized carbons (Fsp3) is 0. The van der Waals surface area contributed by atoms with Gasteiger partial charge in [-0.15, -0.1) is 0 Å². The van der Waals surface area contributed by atoms with Crippen LogP contribution in [0.2, 0.25) is 10.0 Å². The monoisotopic (exact) mass is 325 g/mol. The Morgan fingerprint density at radius 2 is 1.70 bits per heavy atom. The lowest BCUT2D eigenvalue weighted by molar-refractivity contribution is 0.108. The Labute approximate surface area is 129 Å². The molecule has 3 rings (SSSR count). The molecule has 1 heterocycles. The molecule has 0 spiro atoms. The van der Waals surface area contributed by atoms with E-state index in [4.69, 9.17) is 39.2 Å². The number of carbonyl (C=O) groups is 1. The zero-order valence-corrected chi connectivity index (χ0v) is 12.1. The van der Waals surface area contributed by atoms with E-state index in [1.54, 1.807) is 36.4 Å². The van der Waals surface area contributed by atoms with Gasteiger partial charge in [0.05, 0.1) is 10.0 Å². The Morgan fingerprint density at radius 3 is 2.35 bits per heavy atom. The van der Waals surface area contributed by atoms with Gasteiger partial charge in [-0.3, -0.25) is 4.79 Å². The van der Waals surface area contributed by atoms with Gasteiger partial charge in [0.1, 0.15) is 5.52 Å². The summed E-state index contributed by atoms with van der Waals surface area (Å²) in [7, 11) is 0. The third kappa shape index (κ3) is 2.40. The standard InChI is InChI=1S/C14H6Cl3NO2/c15-9-5-11-12(6-10(9)16)20-14(18-11)8-3-1-7(2-4-8)13(17)19/h1-6H. The number of carbonyl (C=O) groups excluding carboxylic acids is 1. The number of hydrogen-bond donors (Lipinski definition) is 0. The molecule has 2 aromatic carbocycles. The third-order valence-electron chi connectivity index (χ3n) is 2.79. The van der Waals surface area contributed by atoms with Crippen molar-refractivity contribution in [3.05, 3.63) is 52.0 Å². The molecule has 3 aromatic rings. The van der Waals surface area contributed by atoms with Gasteiger partial charge in [-0.25, -0.2) is 4.98 Å². The highest BCUT2D eigenvalue weighted by Gasteiger charge is 2.11. The predicted molar refractivity (Wildman–Crippen MR) is 79.6 cm³/mol. The first-order chi connectivity index (χ1) is 9.54. The van der Waals surface area contributed by atoms with Crippen molar-refractivity contribution in [3.63, 3.8) is 0 Å². The molecular formula is C14H6Cl3NO2. The smallest absolute Gasteiger partial charge is 0.252 e. The van der Waals surface area contributed by atoms with E-state index in [1.807, 2.05) is 0 Å². The van der Waals surface area contributed by atoms with Gasteiger partial charge in [0.25, 0.3) is 5.24 Å². The van der Waals surface area contributed by atoms with Crippen molar-refractivity contribution in [2.45, 2.75) is 0 Å². The molecule has 0 atom stereocenters. The van der Waals surface area contributed by atoms with Crippen molar-refractivity contribution in [2.24, 2.45) is 0 Å². The van der Waals surface area contributed by atoms with Crippen LogP contribution in [0.5, 0.6) is 0 Å². The second-order valence-corrected chi connectivity index (χ2v) is 5.26. The Bertz CT molecular complexity index is 770. The summed E-state index contributed by atoms with van der Waals surface area (Å²) in [5, 5.41) is 0.319. The first-order valence-electron chi connectivity index (χ1n) is 5.60. The van der Waals surface area contributed by atoms with E-state index in [-0.39, 0.29) is 0 Å². The van der Waals surface area contributed by atoms with Crippen LogP contribution in [0.3, 0.4) is 0 Å². The Hall–Kier alpha value is -1.55. The summed E-state index contributed by atoms with van der Waals surface area (Å²) >= 11 is 17.3. The summed E-state index contributed by atoms with van der Waals surface area (Å²) in [6, 6.07) is 9.90. The van der Waals surface area contributed by atoms with Crippen LogP contribution in [0.25, 0.3) is 22.6 Å². The number of halogens is 3. The Kier molecular flexibility index (Phi) is 3.42. The maximum Gasteiger partial charge on any atom is 0.252 e. The number of nitrogens with zero attached hydrogens (tertiary/aromatic N) is 1. The lowest BCUT2D eigenvalue weighted by atomic mass is 10.1. The minimum atomic E-state index is -0.507. The lowest BCUT2D eigenvalue weighted by Gasteiger charge is -1.96. The van der Waals surface area contributed by atoms with Crippen LogP contribution in [-0.2, 0) is 0 Å². The van der Waals surface area contributed by atoms with Gasteiger partial charge >= 0.3 is 0 Å². The van der Waals surface area contributed by atoms with E-state index in [0.29, 0.717) is 32.6 Å². The van der Waals surface area contributed by atoms with E-state index in [0.717, 1.165) is 5.56 Å². The number of oxazole rings is 1. The van der Waals surface area contributed by atoms with Gasteiger partial charge in [0.15, 0.2) is 5.58 Å². The normalized spacial score (nSPS) is 10.9. The van der Waals surface area contributed by atoms with Crippen molar-refractivity contribution in [1.82, 2.24) is 4.98 Å². The zero-order chi connectivity index (χ0) is 14.3. The average Bonchev–Trinajstić information content (AvgIpc) is 2.82. The van der Waals surface area contributed by atoms with Gasteiger partial charge < -0.3 is 4.42 Å². The average molecular weight is 327 g/mol. The molecule has 0 saturated heterocycles. The second-order valence-electron chi connectivity index (χ2n) is 4.10. The fourth-order valence-electron chi connectivity index (χ4n) is 1.79. The Balaban J connectivity index is 2.07. The predicted octanol–water partition coefficient (Wildman–Crippen LogP) is 5.18. The highest BCUT2D eigenvalue weighted by molar-refractivity contribution is 6.67. The third-order valence-corrected chi connectivity index (χ3v) is 3.73. The highest BCUT2D eigenvalue weighted by atomic mass is 35.5. The molecule has 0 aliphatic heterocycles. The van der Waals surface area contributed by atoms with Gasteiger partial charge in [-0.05, 0) is 41.9 Å². The minimum Gasteiger partial charge on any atom is -0.436 e. The molecule has 3 nitrogen and oxygen atoms in total. The van der Waals surface area contributed by atoms with E-state index in [1.165, 1.54) is 0 Å². The SMILES string of the molecule is O=C(Cl)c1ccc(-c2nc3cc(Cl)c(Cl)cc3o2)cc1. The molecule has 0 radical (unpaired) electrons. The highest BCUT2D eigenvalue weighted by Crippen LogP contribution is 2.31. The van der Waals surface area contributed by atoms with Crippen LogP contribution >= 0.6 is 34.8 Å². The van der Waals surface area contributed by atoms with Gasteiger partial charge in [0.2, 0.25) is 5.89 Å². The van der Waals surface area contributed by atoms with E-state index in [2.05, 4.69) is 4.98 Å². The maximum atomic E-state index is 11.0. The molecule has 0 N–H and O–H groups in total. The number of benzene rings is 2. The number of hydrogen-bond acceptors (Lipinski definition) is 3. The molecule has 1 aromatic heterocycles. The summed E-state index contributed by atoms with van der Waals surface area (Å²) in [4.78, 5) is 15.3. The number of aromatic nitrogens is 1. The summed E-state index contributed by atoms with van der Waals surface area (Å²) in [5.41, 5.74) is 2.31. The molecule has 0 unspecified atom stereocenters. The largest absolute Gasteiger partial charge is 0.436 e. The van der Waals surface area contributed by atoms with Crippen molar-refractivity contribution in [1.29, 1.82) is 0 Å². The molecule has 0 amide bonds. The molecule has 0 bridgehead atoms. The first kappa shape index (κ1) is 13.4. The van der Waals surface area contributed by atoms with Crippen molar-refractivity contribution < 1.29 is 9.21 Å². The maximum absolute atomic E-state index is 11.0. The van der Waals surface area contributed by atoms with Crippen LogP contribution in [0, 0.1) is 0 Å². The van der Waals surface area contributed by atoms with Crippen molar-refractivity contribution >= 4 is 51.1 Å². The van der Waals surface area contributed by atoms with Gasteiger partial charge in [0, 0.05) is 17.2 Å². The minimum absolute atomic E-state index is 0.407. The van der Waals surface area contributed by atoms with E-state index < -0.39 is 5.24 Å². The molecular weight excluding hydrogens is 321 g/mol. The summed E-state index contributed by atoms with van der Waals surface area (Å²) in [5.74, 6) is 0.423. The molecule has 100 valence electrons. The Morgan fingerprint density at radius 1 is 1.05 bits per heavy atom. The first-order valence-corrected chi connectivity index (χ1v) is 6.74. The summed E-state index contributed by atoms with van der Waals surface area (Å²) in [6.45, 7) is 0. The van der Waals surface area contributed by atoms with Crippen molar-refractivity contribution in [3.8, 4) is 11.5 Å².